The molecular formula is C13H20N2O2. The zero-order valence-electron chi connectivity index (χ0n) is 10.1. The summed E-state index contributed by atoms with van der Waals surface area (Å²) in [6, 6.07) is 1.22. The van der Waals surface area contributed by atoms with Gasteiger partial charge in [-0.1, -0.05) is 12.2 Å². The van der Waals surface area contributed by atoms with Crippen molar-refractivity contribution in [3.05, 3.63) is 12.2 Å². The van der Waals surface area contributed by atoms with Crippen molar-refractivity contribution in [3.8, 4) is 0 Å². The lowest BCUT2D eigenvalue weighted by Crippen LogP contribution is -2.51. The molecule has 4 nitrogen and oxygen atoms in total. The molecule has 94 valence electrons. The van der Waals surface area contributed by atoms with Crippen LogP contribution in [0.5, 0.6) is 0 Å². The summed E-state index contributed by atoms with van der Waals surface area (Å²) in [7, 11) is 0. The second-order valence-corrected chi connectivity index (χ2v) is 5.21. The average Bonchev–Trinajstić information content (AvgIpc) is 2.61. The molecule has 3 aliphatic heterocycles. The van der Waals surface area contributed by atoms with Gasteiger partial charge in [-0.25, -0.2) is 4.79 Å². The van der Waals surface area contributed by atoms with Gasteiger partial charge in [-0.3, -0.25) is 0 Å². The number of fused-ring (bicyclic) bond motifs is 2. The quantitative estimate of drug-likeness (QED) is 0.704. The normalized spacial score (nSPS) is 32.8. The first-order valence-corrected chi connectivity index (χ1v) is 6.68. The summed E-state index contributed by atoms with van der Waals surface area (Å²) in [6.45, 7) is 1.55. The van der Waals surface area contributed by atoms with E-state index in [1.165, 1.54) is 0 Å². The summed E-state index contributed by atoms with van der Waals surface area (Å²) in [5, 5.41) is 3.16. The largest absolute Gasteiger partial charge is 0.381 e. The number of hydrogen-bond donors (Lipinski definition) is 1. The Labute approximate surface area is 102 Å². The van der Waals surface area contributed by atoms with Crippen molar-refractivity contribution >= 4 is 6.03 Å². The Morgan fingerprint density at radius 1 is 1.24 bits per heavy atom. The SMILES string of the molecule is O=C(NC1CCOCC1)N1[C@H]2CC=C[C@H]1CC2. The van der Waals surface area contributed by atoms with Crippen molar-refractivity contribution in [2.75, 3.05) is 13.2 Å². The van der Waals surface area contributed by atoms with Gasteiger partial charge in [0.1, 0.15) is 0 Å². The molecule has 1 N–H and O–H groups in total. The maximum Gasteiger partial charge on any atom is 0.318 e. The summed E-state index contributed by atoms with van der Waals surface area (Å²) in [4.78, 5) is 14.3. The van der Waals surface area contributed by atoms with E-state index in [9.17, 15) is 4.79 Å². The van der Waals surface area contributed by atoms with Gasteiger partial charge in [0, 0.05) is 25.3 Å². The van der Waals surface area contributed by atoms with Gasteiger partial charge in [0.2, 0.25) is 0 Å². The van der Waals surface area contributed by atoms with E-state index >= 15 is 0 Å². The Bertz CT molecular complexity index is 323. The van der Waals surface area contributed by atoms with Crippen LogP contribution >= 0.6 is 0 Å². The van der Waals surface area contributed by atoms with E-state index in [2.05, 4.69) is 22.4 Å². The Balaban J connectivity index is 1.60. The molecule has 0 aromatic carbocycles. The van der Waals surface area contributed by atoms with Gasteiger partial charge in [-0.05, 0) is 32.1 Å². The Morgan fingerprint density at radius 2 is 2.06 bits per heavy atom. The molecule has 4 heteroatoms. The van der Waals surface area contributed by atoms with E-state index in [1.807, 2.05) is 0 Å². The molecule has 2 bridgehead atoms. The molecule has 2 saturated heterocycles. The van der Waals surface area contributed by atoms with Crippen molar-refractivity contribution < 1.29 is 9.53 Å². The van der Waals surface area contributed by atoms with Crippen molar-refractivity contribution in [1.29, 1.82) is 0 Å². The fourth-order valence-electron chi connectivity index (χ4n) is 3.13. The topological polar surface area (TPSA) is 41.6 Å². The number of carbonyl (C=O) groups excluding carboxylic acids is 1. The van der Waals surface area contributed by atoms with Crippen LogP contribution in [0.2, 0.25) is 0 Å². The lowest BCUT2D eigenvalue weighted by atomic mass is 10.1. The number of rotatable bonds is 1. The lowest BCUT2D eigenvalue weighted by molar-refractivity contribution is 0.0771. The van der Waals surface area contributed by atoms with Gasteiger partial charge >= 0.3 is 6.03 Å². The summed E-state index contributed by atoms with van der Waals surface area (Å²) in [5.74, 6) is 0. The summed E-state index contributed by atoms with van der Waals surface area (Å²) in [6.07, 6.45) is 9.61. The van der Waals surface area contributed by atoms with Gasteiger partial charge in [0.15, 0.2) is 0 Å². The van der Waals surface area contributed by atoms with E-state index in [1.54, 1.807) is 0 Å². The van der Waals surface area contributed by atoms with Gasteiger partial charge in [-0.15, -0.1) is 0 Å². The molecule has 2 atom stereocenters. The summed E-state index contributed by atoms with van der Waals surface area (Å²) < 4.78 is 5.31. The smallest absolute Gasteiger partial charge is 0.318 e. The van der Waals surface area contributed by atoms with Crippen LogP contribution in [0, 0.1) is 0 Å². The Hall–Kier alpha value is -1.03. The third kappa shape index (κ3) is 2.18. The van der Waals surface area contributed by atoms with E-state index < -0.39 is 0 Å². The van der Waals surface area contributed by atoms with Crippen LogP contribution in [0.15, 0.2) is 12.2 Å². The maximum atomic E-state index is 12.3. The lowest BCUT2D eigenvalue weighted by Gasteiger charge is -2.34. The second-order valence-electron chi connectivity index (χ2n) is 5.21. The van der Waals surface area contributed by atoms with E-state index in [0.29, 0.717) is 18.1 Å². The molecule has 3 rings (SSSR count). The van der Waals surface area contributed by atoms with E-state index in [-0.39, 0.29) is 6.03 Å². The third-order valence-electron chi connectivity index (χ3n) is 4.10. The number of ether oxygens (including phenoxy) is 1. The highest BCUT2D eigenvalue weighted by molar-refractivity contribution is 5.76. The highest BCUT2D eigenvalue weighted by Crippen LogP contribution is 2.31. The van der Waals surface area contributed by atoms with Gasteiger partial charge < -0.3 is 15.0 Å². The molecule has 2 amide bonds. The first-order chi connectivity index (χ1) is 8.34. The van der Waals surface area contributed by atoms with Crippen molar-refractivity contribution in [2.24, 2.45) is 0 Å². The standard InChI is InChI=1S/C13H20N2O2/c16-13(14-10-6-8-17-9-7-10)15-11-2-1-3-12(15)5-4-11/h1-2,10-12H,3-9H2,(H,14,16)/t11-,12-/m0/s1. The Morgan fingerprint density at radius 3 is 2.82 bits per heavy atom. The zero-order chi connectivity index (χ0) is 11.7. The van der Waals surface area contributed by atoms with Crippen LogP contribution in [0.1, 0.15) is 32.1 Å². The van der Waals surface area contributed by atoms with Crippen LogP contribution in [0.25, 0.3) is 0 Å². The molecule has 0 aromatic rings. The predicted octanol–water partition coefficient (Wildman–Crippen LogP) is 1.67. The predicted molar refractivity (Wildman–Crippen MR) is 64.8 cm³/mol. The van der Waals surface area contributed by atoms with Crippen LogP contribution in [-0.4, -0.2) is 42.3 Å². The minimum atomic E-state index is 0.133. The number of nitrogens with zero attached hydrogens (tertiary/aromatic N) is 1. The summed E-state index contributed by atoms with van der Waals surface area (Å²) >= 11 is 0. The van der Waals surface area contributed by atoms with Crippen molar-refractivity contribution in [1.82, 2.24) is 10.2 Å². The zero-order valence-corrected chi connectivity index (χ0v) is 10.1. The van der Waals surface area contributed by atoms with Crippen molar-refractivity contribution in [2.45, 2.75) is 50.2 Å². The number of urea groups is 1. The van der Waals surface area contributed by atoms with E-state index in [4.69, 9.17) is 4.74 Å². The minimum Gasteiger partial charge on any atom is -0.381 e. The van der Waals surface area contributed by atoms with Crippen LogP contribution < -0.4 is 5.32 Å². The summed E-state index contributed by atoms with van der Waals surface area (Å²) in [5.41, 5.74) is 0. The number of hydrogen-bond acceptors (Lipinski definition) is 2. The molecule has 0 aliphatic carbocycles. The monoisotopic (exact) mass is 236 g/mol. The molecule has 0 spiro atoms. The first kappa shape index (κ1) is 11.1. The number of nitrogens with one attached hydrogen (secondary N) is 1. The fraction of sp³-hybridized carbons (Fsp3) is 0.769. The highest BCUT2D eigenvalue weighted by atomic mass is 16.5. The molecule has 0 aromatic heterocycles. The highest BCUT2D eigenvalue weighted by Gasteiger charge is 2.37. The molecule has 0 saturated carbocycles. The molecule has 0 unspecified atom stereocenters. The van der Waals surface area contributed by atoms with Crippen LogP contribution in [0.4, 0.5) is 4.79 Å². The van der Waals surface area contributed by atoms with Gasteiger partial charge in [0.25, 0.3) is 0 Å². The van der Waals surface area contributed by atoms with Crippen LogP contribution in [-0.2, 0) is 4.74 Å². The molecule has 0 radical (unpaired) electrons. The molecule has 17 heavy (non-hydrogen) atoms. The maximum absolute atomic E-state index is 12.3. The molecular weight excluding hydrogens is 216 g/mol. The molecule has 3 heterocycles. The van der Waals surface area contributed by atoms with Crippen LogP contribution in [0.3, 0.4) is 0 Å². The average molecular weight is 236 g/mol. The minimum absolute atomic E-state index is 0.133. The molecule has 3 aliphatic rings. The second kappa shape index (κ2) is 4.69. The number of amides is 2. The van der Waals surface area contributed by atoms with Gasteiger partial charge in [0.05, 0.1) is 6.04 Å². The van der Waals surface area contributed by atoms with E-state index in [0.717, 1.165) is 45.3 Å². The molecule has 2 fully saturated rings. The fourth-order valence-corrected chi connectivity index (χ4v) is 3.13. The van der Waals surface area contributed by atoms with Gasteiger partial charge in [-0.2, -0.15) is 0 Å². The third-order valence-corrected chi connectivity index (χ3v) is 4.10. The first-order valence-electron chi connectivity index (χ1n) is 6.68. The Kier molecular flexibility index (Phi) is 3.05. The number of carbonyl (C=O) groups is 1. The van der Waals surface area contributed by atoms with Crippen molar-refractivity contribution in [3.63, 3.8) is 0 Å².